The van der Waals surface area contributed by atoms with E-state index >= 15 is 0 Å². The van der Waals surface area contributed by atoms with Gasteiger partial charge in [-0.25, -0.2) is 4.79 Å². The van der Waals surface area contributed by atoms with E-state index in [9.17, 15) is 4.79 Å². The second-order valence-corrected chi connectivity index (χ2v) is 5.02. The summed E-state index contributed by atoms with van der Waals surface area (Å²) in [5.74, 6) is 0. The Labute approximate surface area is 104 Å². The fourth-order valence-electron chi connectivity index (χ4n) is 2.25. The summed E-state index contributed by atoms with van der Waals surface area (Å²) < 4.78 is 5.01. The molecule has 1 N–H and O–H groups in total. The molecule has 0 unspecified atom stereocenters. The summed E-state index contributed by atoms with van der Waals surface area (Å²) in [5, 5.41) is 3.21. The number of amides is 1. The van der Waals surface area contributed by atoms with Crippen molar-refractivity contribution in [3.63, 3.8) is 0 Å². The van der Waals surface area contributed by atoms with Gasteiger partial charge in [-0.1, -0.05) is 0 Å². The minimum atomic E-state index is -0.182. The van der Waals surface area contributed by atoms with E-state index in [2.05, 4.69) is 24.1 Å². The fraction of sp³-hybridized carbons (Fsp3) is 0.917. The Balaban J connectivity index is 2.42. The predicted molar refractivity (Wildman–Crippen MR) is 68.2 cm³/mol. The van der Waals surface area contributed by atoms with Gasteiger partial charge in [-0.3, -0.25) is 4.90 Å². The lowest BCUT2D eigenvalue weighted by atomic mass is 10.0. The van der Waals surface area contributed by atoms with Crippen molar-refractivity contribution in [2.24, 2.45) is 0 Å². The number of hydrogen-bond donors (Lipinski definition) is 1. The van der Waals surface area contributed by atoms with Gasteiger partial charge in [0.1, 0.15) is 0 Å². The maximum Gasteiger partial charge on any atom is 0.409 e. The van der Waals surface area contributed by atoms with Gasteiger partial charge in [0, 0.05) is 38.3 Å². The first-order valence-corrected chi connectivity index (χ1v) is 6.32. The second-order valence-electron chi connectivity index (χ2n) is 5.02. The smallest absolute Gasteiger partial charge is 0.409 e. The highest BCUT2D eigenvalue weighted by molar-refractivity contribution is 5.67. The summed E-state index contributed by atoms with van der Waals surface area (Å²) in [6, 6.07) is 0. The van der Waals surface area contributed by atoms with Gasteiger partial charge >= 0.3 is 6.09 Å². The van der Waals surface area contributed by atoms with Gasteiger partial charge < -0.3 is 15.0 Å². The number of carbonyl (C=O) groups excluding carboxylic acids is 1. The lowest BCUT2D eigenvalue weighted by molar-refractivity contribution is 0.0417. The molecular weight excluding hydrogens is 218 g/mol. The van der Waals surface area contributed by atoms with E-state index in [-0.39, 0.29) is 11.6 Å². The van der Waals surface area contributed by atoms with Gasteiger partial charge in [0.2, 0.25) is 0 Å². The third kappa shape index (κ3) is 3.85. The molecule has 1 aliphatic heterocycles. The van der Waals surface area contributed by atoms with Gasteiger partial charge in [-0.05, 0) is 27.8 Å². The molecule has 1 rings (SSSR count). The largest absolute Gasteiger partial charge is 0.450 e. The van der Waals surface area contributed by atoms with Crippen LogP contribution in [0.3, 0.4) is 0 Å². The molecule has 5 heteroatoms. The highest BCUT2D eigenvalue weighted by Gasteiger charge is 2.30. The zero-order valence-electron chi connectivity index (χ0n) is 11.5. The minimum absolute atomic E-state index is 0.134. The predicted octanol–water partition coefficient (Wildman–Crippen LogP) is 0.759. The van der Waals surface area contributed by atoms with E-state index in [0.717, 1.165) is 32.7 Å². The van der Waals surface area contributed by atoms with E-state index in [1.165, 1.54) is 0 Å². The van der Waals surface area contributed by atoms with Crippen LogP contribution in [-0.4, -0.2) is 67.8 Å². The van der Waals surface area contributed by atoms with Crippen molar-refractivity contribution in [2.45, 2.75) is 26.3 Å². The molecular formula is C12H25N3O2. The van der Waals surface area contributed by atoms with E-state index in [4.69, 9.17) is 4.74 Å². The van der Waals surface area contributed by atoms with Crippen molar-refractivity contribution >= 4 is 6.09 Å². The molecule has 1 fully saturated rings. The molecule has 0 radical (unpaired) electrons. The summed E-state index contributed by atoms with van der Waals surface area (Å²) in [6.07, 6.45) is -0.182. The number of carbonyl (C=O) groups is 1. The third-order valence-electron chi connectivity index (χ3n) is 3.27. The number of likely N-dealkylation sites (N-methyl/N-ethyl adjacent to an activating group) is 1. The SMILES string of the molecule is CCOC(=O)N1CCN(C(C)(C)CNC)CC1. The molecule has 0 aromatic rings. The van der Waals surface area contributed by atoms with Crippen molar-refractivity contribution in [1.82, 2.24) is 15.1 Å². The normalized spacial score (nSPS) is 18.2. The molecule has 0 aromatic heterocycles. The molecule has 0 saturated carbocycles. The number of piperazine rings is 1. The van der Waals surface area contributed by atoms with Gasteiger partial charge in [0.15, 0.2) is 0 Å². The average Bonchev–Trinajstić information content (AvgIpc) is 2.29. The molecule has 5 nitrogen and oxygen atoms in total. The highest BCUT2D eigenvalue weighted by atomic mass is 16.6. The van der Waals surface area contributed by atoms with Crippen LogP contribution in [-0.2, 0) is 4.74 Å². The van der Waals surface area contributed by atoms with E-state index < -0.39 is 0 Å². The van der Waals surface area contributed by atoms with Gasteiger partial charge in [-0.2, -0.15) is 0 Å². The Morgan fingerprint density at radius 1 is 1.29 bits per heavy atom. The Morgan fingerprint density at radius 2 is 1.88 bits per heavy atom. The monoisotopic (exact) mass is 243 g/mol. The van der Waals surface area contributed by atoms with Crippen molar-refractivity contribution in [3.05, 3.63) is 0 Å². The van der Waals surface area contributed by atoms with E-state index in [1.807, 2.05) is 14.0 Å². The van der Waals surface area contributed by atoms with E-state index in [1.54, 1.807) is 4.90 Å². The maximum atomic E-state index is 11.6. The standard InChI is InChI=1S/C12H25N3O2/c1-5-17-11(16)14-6-8-15(9-7-14)12(2,3)10-13-4/h13H,5-10H2,1-4H3. The second kappa shape index (κ2) is 6.21. The van der Waals surface area contributed by atoms with Gasteiger partial charge in [-0.15, -0.1) is 0 Å². The highest BCUT2D eigenvalue weighted by Crippen LogP contribution is 2.16. The number of hydrogen-bond acceptors (Lipinski definition) is 4. The summed E-state index contributed by atoms with van der Waals surface area (Å²) >= 11 is 0. The van der Waals surface area contributed by atoms with Crippen LogP contribution in [0, 0.1) is 0 Å². The number of rotatable bonds is 4. The van der Waals surface area contributed by atoms with Gasteiger partial charge in [0.25, 0.3) is 0 Å². The third-order valence-corrected chi connectivity index (χ3v) is 3.27. The first-order chi connectivity index (χ1) is 8.01. The zero-order valence-corrected chi connectivity index (χ0v) is 11.5. The quantitative estimate of drug-likeness (QED) is 0.792. The van der Waals surface area contributed by atoms with Crippen LogP contribution >= 0.6 is 0 Å². The van der Waals surface area contributed by atoms with Crippen molar-refractivity contribution in [3.8, 4) is 0 Å². The Hall–Kier alpha value is -0.810. The number of ether oxygens (including phenoxy) is 1. The molecule has 17 heavy (non-hydrogen) atoms. The molecule has 0 aliphatic carbocycles. The lowest BCUT2D eigenvalue weighted by Gasteiger charge is -2.43. The summed E-state index contributed by atoms with van der Waals surface area (Å²) in [5.41, 5.74) is 0.134. The van der Waals surface area contributed by atoms with Crippen LogP contribution in [0.2, 0.25) is 0 Å². The molecule has 1 heterocycles. The molecule has 0 spiro atoms. The van der Waals surface area contributed by atoms with Crippen molar-refractivity contribution in [2.75, 3.05) is 46.4 Å². The first-order valence-electron chi connectivity index (χ1n) is 6.32. The Kier molecular flexibility index (Phi) is 5.21. The van der Waals surface area contributed by atoms with E-state index in [0.29, 0.717) is 6.61 Å². The van der Waals surface area contributed by atoms with Crippen LogP contribution in [0.15, 0.2) is 0 Å². The molecule has 0 aromatic carbocycles. The Bertz CT molecular complexity index is 248. The van der Waals surface area contributed by atoms with Gasteiger partial charge in [0.05, 0.1) is 6.61 Å². The molecule has 1 aliphatic rings. The first kappa shape index (κ1) is 14.3. The minimum Gasteiger partial charge on any atom is -0.450 e. The van der Waals surface area contributed by atoms with Crippen LogP contribution in [0.1, 0.15) is 20.8 Å². The Morgan fingerprint density at radius 3 is 2.35 bits per heavy atom. The fourth-order valence-corrected chi connectivity index (χ4v) is 2.25. The van der Waals surface area contributed by atoms with Crippen LogP contribution in [0.5, 0.6) is 0 Å². The maximum absolute atomic E-state index is 11.6. The molecule has 1 saturated heterocycles. The molecule has 1 amide bonds. The van der Waals surface area contributed by atoms with Crippen molar-refractivity contribution in [1.29, 1.82) is 0 Å². The topological polar surface area (TPSA) is 44.8 Å². The van der Waals surface area contributed by atoms with Crippen LogP contribution in [0.4, 0.5) is 4.79 Å². The zero-order chi connectivity index (χ0) is 12.9. The average molecular weight is 243 g/mol. The summed E-state index contributed by atoms with van der Waals surface area (Å²) in [7, 11) is 1.97. The number of nitrogens with one attached hydrogen (secondary N) is 1. The summed E-state index contributed by atoms with van der Waals surface area (Å²) in [6.45, 7) is 11.0. The van der Waals surface area contributed by atoms with Crippen LogP contribution < -0.4 is 5.32 Å². The lowest BCUT2D eigenvalue weighted by Crippen LogP contribution is -2.58. The molecule has 0 bridgehead atoms. The van der Waals surface area contributed by atoms with Crippen LogP contribution in [0.25, 0.3) is 0 Å². The molecule has 0 atom stereocenters. The van der Waals surface area contributed by atoms with Crippen molar-refractivity contribution < 1.29 is 9.53 Å². The molecule has 100 valence electrons. The number of nitrogens with zero attached hydrogens (tertiary/aromatic N) is 2. The summed E-state index contributed by atoms with van der Waals surface area (Å²) in [4.78, 5) is 15.8.